The topological polar surface area (TPSA) is 63.5 Å². The second-order valence-electron chi connectivity index (χ2n) is 5.25. The zero-order valence-corrected chi connectivity index (χ0v) is 13.8. The lowest BCUT2D eigenvalue weighted by Crippen LogP contribution is -2.37. The minimum Gasteiger partial charge on any atom is -0.385 e. The number of rotatable bonds is 8. The van der Waals surface area contributed by atoms with Gasteiger partial charge in [-0.3, -0.25) is 4.99 Å². The van der Waals surface area contributed by atoms with Gasteiger partial charge in [0.1, 0.15) is 0 Å². The first-order valence-electron chi connectivity index (χ1n) is 7.79. The molecule has 1 heterocycles. The summed E-state index contributed by atoms with van der Waals surface area (Å²) in [6, 6.07) is 8.52. The van der Waals surface area contributed by atoms with E-state index in [-0.39, 0.29) is 0 Å². The maximum Gasteiger partial charge on any atom is 0.191 e. The van der Waals surface area contributed by atoms with Gasteiger partial charge in [-0.05, 0) is 17.5 Å². The second kappa shape index (κ2) is 9.63. The van der Waals surface area contributed by atoms with E-state index < -0.39 is 0 Å². The van der Waals surface area contributed by atoms with Crippen LogP contribution >= 0.6 is 0 Å². The van der Waals surface area contributed by atoms with E-state index >= 15 is 0 Å². The minimum absolute atomic E-state index is 0.738. The number of benzene rings is 1. The Hall–Kier alpha value is -2.34. The lowest BCUT2D eigenvalue weighted by Gasteiger charge is -2.12. The SMILES string of the molecule is CN=C(NCCCOC)NCc1cccc(Cn2ccnc2)c1. The van der Waals surface area contributed by atoms with Crippen molar-refractivity contribution in [2.24, 2.45) is 4.99 Å². The molecule has 0 aliphatic carbocycles. The van der Waals surface area contributed by atoms with Crippen LogP contribution in [0.3, 0.4) is 0 Å². The smallest absolute Gasteiger partial charge is 0.191 e. The molecule has 0 saturated carbocycles. The number of hydrogen-bond donors (Lipinski definition) is 2. The summed E-state index contributed by atoms with van der Waals surface area (Å²) >= 11 is 0. The molecule has 0 spiro atoms. The molecule has 6 nitrogen and oxygen atoms in total. The van der Waals surface area contributed by atoms with Gasteiger partial charge < -0.3 is 19.9 Å². The Bertz CT molecular complexity index is 595. The van der Waals surface area contributed by atoms with Crippen molar-refractivity contribution in [3.63, 3.8) is 0 Å². The quantitative estimate of drug-likeness (QED) is 0.441. The molecule has 0 bridgehead atoms. The van der Waals surface area contributed by atoms with Crippen molar-refractivity contribution < 1.29 is 4.74 Å². The molecule has 23 heavy (non-hydrogen) atoms. The third-order valence-corrected chi connectivity index (χ3v) is 3.42. The van der Waals surface area contributed by atoms with Gasteiger partial charge >= 0.3 is 0 Å². The van der Waals surface area contributed by atoms with Crippen LogP contribution in [0.15, 0.2) is 48.0 Å². The maximum absolute atomic E-state index is 5.04. The number of ether oxygens (including phenoxy) is 1. The molecule has 2 N–H and O–H groups in total. The van der Waals surface area contributed by atoms with E-state index in [4.69, 9.17) is 4.74 Å². The number of methoxy groups -OCH3 is 1. The van der Waals surface area contributed by atoms with E-state index in [9.17, 15) is 0 Å². The van der Waals surface area contributed by atoms with Crippen molar-refractivity contribution >= 4 is 5.96 Å². The molecule has 6 heteroatoms. The van der Waals surface area contributed by atoms with Gasteiger partial charge in [-0.25, -0.2) is 4.98 Å². The average molecular weight is 315 g/mol. The Morgan fingerprint density at radius 3 is 2.91 bits per heavy atom. The number of nitrogens with zero attached hydrogens (tertiary/aromatic N) is 3. The minimum atomic E-state index is 0.738. The molecule has 0 amide bonds. The van der Waals surface area contributed by atoms with Crippen molar-refractivity contribution in [3.05, 3.63) is 54.1 Å². The van der Waals surface area contributed by atoms with Gasteiger partial charge in [-0.2, -0.15) is 0 Å². The average Bonchev–Trinajstić information content (AvgIpc) is 3.07. The first-order chi connectivity index (χ1) is 11.3. The molecule has 2 aromatic rings. The maximum atomic E-state index is 5.04. The summed E-state index contributed by atoms with van der Waals surface area (Å²) in [4.78, 5) is 8.30. The van der Waals surface area contributed by atoms with Crippen LogP contribution in [0.2, 0.25) is 0 Å². The molecule has 0 unspecified atom stereocenters. The molecule has 0 aliphatic heterocycles. The summed E-state index contributed by atoms with van der Waals surface area (Å²) in [6.45, 7) is 3.16. The fraction of sp³-hybridized carbons (Fsp3) is 0.412. The summed E-state index contributed by atoms with van der Waals surface area (Å²) in [7, 11) is 3.49. The standard InChI is InChI=1S/C17H25N5O/c1-18-17(20-7-4-10-23-2)21-12-15-5-3-6-16(11-15)13-22-9-8-19-14-22/h3,5-6,8-9,11,14H,4,7,10,12-13H2,1-2H3,(H2,18,20,21). The van der Waals surface area contributed by atoms with Gasteiger partial charge in [0.25, 0.3) is 0 Å². The summed E-state index contributed by atoms with van der Waals surface area (Å²) in [6.07, 6.45) is 6.55. The molecular weight excluding hydrogens is 290 g/mol. The fourth-order valence-electron chi connectivity index (χ4n) is 2.26. The first kappa shape index (κ1) is 17.0. The van der Waals surface area contributed by atoms with E-state index in [2.05, 4.69) is 49.4 Å². The summed E-state index contributed by atoms with van der Waals surface area (Å²) in [5.74, 6) is 0.807. The van der Waals surface area contributed by atoms with Crippen molar-refractivity contribution in [2.75, 3.05) is 27.3 Å². The molecule has 0 saturated heterocycles. The predicted molar refractivity (Wildman–Crippen MR) is 92.5 cm³/mol. The number of imidazole rings is 1. The number of nitrogens with one attached hydrogen (secondary N) is 2. The van der Waals surface area contributed by atoms with Crippen LogP contribution in [0.25, 0.3) is 0 Å². The van der Waals surface area contributed by atoms with Crippen LogP contribution in [0.4, 0.5) is 0 Å². The molecule has 0 radical (unpaired) electrons. The highest BCUT2D eigenvalue weighted by atomic mass is 16.5. The van der Waals surface area contributed by atoms with Crippen LogP contribution in [0, 0.1) is 0 Å². The normalized spacial score (nSPS) is 11.5. The van der Waals surface area contributed by atoms with Crippen molar-refractivity contribution in [3.8, 4) is 0 Å². The Labute approximate surface area is 137 Å². The zero-order valence-electron chi connectivity index (χ0n) is 13.8. The zero-order chi connectivity index (χ0) is 16.3. The highest BCUT2D eigenvalue weighted by Gasteiger charge is 2.00. The van der Waals surface area contributed by atoms with Crippen molar-refractivity contribution in [1.82, 2.24) is 20.2 Å². The van der Waals surface area contributed by atoms with Crippen LogP contribution in [-0.2, 0) is 17.8 Å². The van der Waals surface area contributed by atoms with E-state index in [0.29, 0.717) is 0 Å². The Morgan fingerprint density at radius 2 is 2.17 bits per heavy atom. The van der Waals surface area contributed by atoms with Crippen LogP contribution < -0.4 is 10.6 Å². The Morgan fingerprint density at radius 1 is 1.30 bits per heavy atom. The van der Waals surface area contributed by atoms with E-state index in [1.165, 1.54) is 11.1 Å². The molecular formula is C17H25N5O. The van der Waals surface area contributed by atoms with Crippen LogP contribution in [0.1, 0.15) is 17.5 Å². The number of aromatic nitrogens is 2. The van der Waals surface area contributed by atoms with Gasteiger partial charge in [-0.15, -0.1) is 0 Å². The summed E-state index contributed by atoms with van der Waals surface area (Å²) in [5.41, 5.74) is 2.48. The highest BCUT2D eigenvalue weighted by Crippen LogP contribution is 2.07. The van der Waals surface area contributed by atoms with Gasteiger partial charge in [-0.1, -0.05) is 24.3 Å². The second-order valence-corrected chi connectivity index (χ2v) is 5.25. The lowest BCUT2D eigenvalue weighted by atomic mass is 10.1. The number of guanidine groups is 1. The molecule has 1 aromatic carbocycles. The lowest BCUT2D eigenvalue weighted by molar-refractivity contribution is 0.195. The van der Waals surface area contributed by atoms with Gasteiger partial charge in [0, 0.05) is 52.8 Å². The van der Waals surface area contributed by atoms with Gasteiger partial charge in [0.15, 0.2) is 5.96 Å². The number of aliphatic imine (C=N–C) groups is 1. The van der Waals surface area contributed by atoms with Crippen molar-refractivity contribution in [1.29, 1.82) is 0 Å². The molecule has 0 atom stereocenters. The van der Waals surface area contributed by atoms with Gasteiger partial charge in [0.05, 0.1) is 6.33 Å². The fourth-order valence-corrected chi connectivity index (χ4v) is 2.26. The first-order valence-corrected chi connectivity index (χ1v) is 7.79. The van der Waals surface area contributed by atoms with E-state index in [1.807, 2.05) is 12.5 Å². The Kier molecular flexibility index (Phi) is 7.13. The van der Waals surface area contributed by atoms with E-state index in [0.717, 1.165) is 38.6 Å². The number of hydrogen-bond acceptors (Lipinski definition) is 3. The van der Waals surface area contributed by atoms with Gasteiger partial charge in [0.2, 0.25) is 0 Å². The predicted octanol–water partition coefficient (Wildman–Crippen LogP) is 1.63. The summed E-state index contributed by atoms with van der Waals surface area (Å²) < 4.78 is 7.09. The van der Waals surface area contributed by atoms with Crippen LogP contribution in [-0.4, -0.2) is 42.8 Å². The molecule has 124 valence electrons. The molecule has 0 fully saturated rings. The summed E-state index contributed by atoms with van der Waals surface area (Å²) in [5, 5.41) is 6.60. The molecule has 1 aromatic heterocycles. The van der Waals surface area contributed by atoms with E-state index in [1.54, 1.807) is 20.4 Å². The highest BCUT2D eigenvalue weighted by molar-refractivity contribution is 5.79. The molecule has 0 aliphatic rings. The van der Waals surface area contributed by atoms with Crippen molar-refractivity contribution in [2.45, 2.75) is 19.5 Å². The third-order valence-electron chi connectivity index (χ3n) is 3.42. The largest absolute Gasteiger partial charge is 0.385 e. The van der Waals surface area contributed by atoms with Crippen LogP contribution in [0.5, 0.6) is 0 Å². The third kappa shape index (κ3) is 6.12. The monoisotopic (exact) mass is 315 g/mol. The molecule has 2 rings (SSSR count). The Balaban J connectivity index is 1.82.